The molecule has 1 heterocycles. The number of carbonyl (C=O) groups is 2. The number of carbonyl (C=O) groups excluding carboxylic acids is 1. The monoisotopic (exact) mass is 473 g/mol. The van der Waals surface area contributed by atoms with Crippen molar-refractivity contribution in [3.05, 3.63) is 83.2 Å². The van der Waals surface area contributed by atoms with E-state index in [-0.39, 0.29) is 18.9 Å². The van der Waals surface area contributed by atoms with Crippen LogP contribution in [0.2, 0.25) is 0 Å². The van der Waals surface area contributed by atoms with Crippen LogP contribution in [0.25, 0.3) is 11.1 Å². The summed E-state index contributed by atoms with van der Waals surface area (Å²) in [6.07, 6.45) is 5.54. The van der Waals surface area contributed by atoms with Gasteiger partial charge in [-0.15, -0.1) is 0 Å². The zero-order valence-electron chi connectivity index (χ0n) is 18.7. The molecule has 3 rings (SSSR count). The molecule has 0 saturated carbocycles. The van der Waals surface area contributed by atoms with Crippen LogP contribution >= 0.6 is 11.8 Å². The van der Waals surface area contributed by atoms with Gasteiger partial charge in [0.25, 0.3) is 5.91 Å². The van der Waals surface area contributed by atoms with E-state index in [1.54, 1.807) is 30.2 Å². The van der Waals surface area contributed by atoms with Gasteiger partial charge in [0.15, 0.2) is 0 Å². The molecule has 174 valence electrons. The molecular formula is C25H28LiN3O4S. The first-order valence-electron chi connectivity index (χ1n) is 10.5. The summed E-state index contributed by atoms with van der Waals surface area (Å²) in [4.78, 5) is 24.7. The topological polar surface area (TPSA) is 101 Å². The third-order valence-corrected chi connectivity index (χ3v) is 5.80. The van der Waals surface area contributed by atoms with Crippen LogP contribution < -0.4 is 5.32 Å². The van der Waals surface area contributed by atoms with Crippen molar-refractivity contribution in [1.29, 1.82) is 0 Å². The summed E-state index contributed by atoms with van der Waals surface area (Å²) in [7, 11) is 0. The molecule has 0 fully saturated rings. The van der Waals surface area contributed by atoms with Crippen LogP contribution in [0.3, 0.4) is 0 Å². The van der Waals surface area contributed by atoms with Crippen molar-refractivity contribution >= 4 is 42.5 Å². The van der Waals surface area contributed by atoms with Crippen molar-refractivity contribution < 1.29 is 19.4 Å². The Labute approximate surface area is 215 Å². The van der Waals surface area contributed by atoms with Crippen LogP contribution in [0, 0.1) is 6.92 Å². The molecule has 7 nitrogen and oxygen atoms in total. The molecule has 1 amide bonds. The summed E-state index contributed by atoms with van der Waals surface area (Å²) in [6, 6.07) is 14.2. The van der Waals surface area contributed by atoms with Gasteiger partial charge in [-0.2, -0.15) is 22.0 Å². The van der Waals surface area contributed by atoms with E-state index in [9.17, 15) is 14.7 Å². The molecule has 0 spiro atoms. The van der Waals surface area contributed by atoms with Gasteiger partial charge < -0.3 is 15.2 Å². The molecule has 1 atom stereocenters. The van der Waals surface area contributed by atoms with Crippen LogP contribution in [-0.2, 0) is 22.7 Å². The van der Waals surface area contributed by atoms with Gasteiger partial charge >= 0.3 is 24.8 Å². The predicted octanol–water partition coefficient (Wildman–Crippen LogP) is 3.46. The van der Waals surface area contributed by atoms with E-state index in [0.717, 1.165) is 27.8 Å². The minimum absolute atomic E-state index is 0. The zero-order valence-corrected chi connectivity index (χ0v) is 19.5. The van der Waals surface area contributed by atoms with Crippen molar-refractivity contribution in [2.75, 3.05) is 12.0 Å². The fourth-order valence-corrected chi connectivity index (χ4v) is 3.87. The van der Waals surface area contributed by atoms with Crippen LogP contribution in [0.1, 0.15) is 33.5 Å². The number of nitrogens with zero attached hydrogens (tertiary/aromatic N) is 2. The second-order valence-electron chi connectivity index (χ2n) is 7.58. The molecule has 0 bridgehead atoms. The molecule has 3 aromatic rings. The fraction of sp³-hybridized carbons (Fsp3) is 0.280. The third kappa shape index (κ3) is 7.71. The number of carboxylic acid groups (broad SMARTS) is 1. The van der Waals surface area contributed by atoms with Gasteiger partial charge in [0.1, 0.15) is 6.04 Å². The van der Waals surface area contributed by atoms with Crippen molar-refractivity contribution in [2.24, 2.45) is 0 Å². The number of carboxylic acids is 1. The van der Waals surface area contributed by atoms with E-state index in [2.05, 4.69) is 15.5 Å². The molecular weight excluding hydrogens is 445 g/mol. The van der Waals surface area contributed by atoms with Crippen LogP contribution in [0.5, 0.6) is 0 Å². The van der Waals surface area contributed by atoms with Crippen molar-refractivity contribution in [3.63, 3.8) is 0 Å². The number of rotatable bonds is 11. The molecule has 34 heavy (non-hydrogen) atoms. The Kier molecular flexibility index (Phi) is 11.3. The second-order valence-corrected chi connectivity index (χ2v) is 8.57. The minimum atomic E-state index is -1.04. The van der Waals surface area contributed by atoms with Crippen LogP contribution in [0.15, 0.2) is 60.9 Å². The first-order valence-corrected chi connectivity index (χ1v) is 11.9. The Balaban J connectivity index is 0.00000408. The number of ether oxygens (including phenoxy) is 1. The first kappa shape index (κ1) is 27.6. The van der Waals surface area contributed by atoms with Crippen molar-refractivity contribution in [3.8, 4) is 11.1 Å². The number of aromatic nitrogens is 2. The Morgan fingerprint density at radius 2 is 1.82 bits per heavy atom. The summed E-state index contributed by atoms with van der Waals surface area (Å²) in [5.74, 6) is -0.798. The molecule has 1 unspecified atom stereocenters. The summed E-state index contributed by atoms with van der Waals surface area (Å²) in [5.41, 5.74) is 4.94. The van der Waals surface area contributed by atoms with E-state index in [0.29, 0.717) is 31.0 Å². The van der Waals surface area contributed by atoms with Gasteiger partial charge in [0.05, 0.1) is 19.4 Å². The normalized spacial score (nSPS) is 11.4. The van der Waals surface area contributed by atoms with Gasteiger partial charge in [-0.1, -0.05) is 30.3 Å². The maximum atomic E-state index is 13.1. The number of amides is 1. The number of aryl methyl sites for hydroxylation is 1. The Bertz CT molecular complexity index is 1100. The Morgan fingerprint density at radius 1 is 1.06 bits per heavy atom. The van der Waals surface area contributed by atoms with E-state index in [4.69, 9.17) is 4.74 Å². The van der Waals surface area contributed by atoms with Gasteiger partial charge in [-0.25, -0.2) is 4.79 Å². The number of thioether (sulfide) groups is 1. The van der Waals surface area contributed by atoms with Crippen molar-refractivity contribution in [2.45, 2.75) is 32.6 Å². The molecule has 0 aliphatic heterocycles. The molecule has 0 saturated heterocycles. The summed E-state index contributed by atoms with van der Waals surface area (Å²) in [5, 5.41) is 19.8. The summed E-state index contributed by atoms with van der Waals surface area (Å²) < 4.78 is 5.82. The van der Waals surface area contributed by atoms with E-state index >= 15 is 0 Å². The quantitative estimate of drug-likeness (QED) is 0.411. The predicted molar refractivity (Wildman–Crippen MR) is 136 cm³/mol. The molecule has 2 N–H and O–H groups in total. The SMILES string of the molecule is CSCCC(NC(=O)c1ccc(COCc2ccnnc2)cc1-c1ccccc1C)C(=O)O.[LiH]. The van der Waals surface area contributed by atoms with Gasteiger partial charge in [-0.05, 0) is 71.4 Å². The zero-order chi connectivity index (χ0) is 23.6. The van der Waals surface area contributed by atoms with E-state index in [1.165, 1.54) is 0 Å². The Hall–Kier alpha value is -2.63. The molecule has 1 aromatic heterocycles. The molecule has 0 aliphatic rings. The Morgan fingerprint density at radius 3 is 2.50 bits per heavy atom. The average molecular weight is 474 g/mol. The van der Waals surface area contributed by atoms with Crippen molar-refractivity contribution in [1.82, 2.24) is 15.5 Å². The average Bonchev–Trinajstić information content (AvgIpc) is 2.82. The number of aliphatic carboxylic acids is 1. The van der Waals surface area contributed by atoms with Gasteiger partial charge in [0, 0.05) is 11.8 Å². The number of benzene rings is 2. The van der Waals surface area contributed by atoms with E-state index < -0.39 is 17.9 Å². The molecule has 9 heteroatoms. The van der Waals surface area contributed by atoms with E-state index in [1.807, 2.05) is 55.6 Å². The number of nitrogens with one attached hydrogen (secondary N) is 1. The number of hydrogen-bond donors (Lipinski definition) is 2. The molecule has 0 radical (unpaired) electrons. The molecule has 0 aliphatic carbocycles. The van der Waals surface area contributed by atoms with Crippen LogP contribution in [0.4, 0.5) is 0 Å². The maximum absolute atomic E-state index is 13.1. The summed E-state index contributed by atoms with van der Waals surface area (Å²) in [6.45, 7) is 2.73. The van der Waals surface area contributed by atoms with Gasteiger partial charge in [0.2, 0.25) is 0 Å². The summed E-state index contributed by atoms with van der Waals surface area (Å²) >= 11 is 1.54. The van der Waals surface area contributed by atoms with Gasteiger partial charge in [-0.3, -0.25) is 4.79 Å². The molecule has 2 aromatic carbocycles. The fourth-order valence-electron chi connectivity index (χ4n) is 3.40. The number of hydrogen-bond acceptors (Lipinski definition) is 6. The first-order chi connectivity index (χ1) is 16.0. The van der Waals surface area contributed by atoms with Crippen LogP contribution in [-0.4, -0.2) is 64.1 Å². The standard InChI is InChI=1S/C25H27N3O4S.Li.H/c1-17-5-3-4-6-20(17)22-13-18(15-32-16-19-9-11-26-27-14-19)7-8-21(22)24(29)28-23(25(30)31)10-12-33-2;;/h3-9,11,13-14,23H,10,12,15-16H2,1-2H3,(H,28,29)(H,30,31);;. The third-order valence-electron chi connectivity index (χ3n) is 5.16. The second kappa shape index (κ2) is 13.9.